The fourth-order valence-corrected chi connectivity index (χ4v) is 2.25. The van der Waals surface area contributed by atoms with Crippen molar-refractivity contribution in [2.24, 2.45) is 0 Å². The summed E-state index contributed by atoms with van der Waals surface area (Å²) in [5, 5.41) is 7.83. The fraction of sp³-hybridized carbons (Fsp3) is 0. The molecule has 3 rings (SSSR count). The van der Waals surface area contributed by atoms with E-state index in [1.165, 1.54) is 6.33 Å². The first-order valence-electron chi connectivity index (χ1n) is 4.97. The van der Waals surface area contributed by atoms with Crippen molar-refractivity contribution < 1.29 is 0 Å². The lowest BCUT2D eigenvalue weighted by molar-refractivity contribution is 1.08. The molecule has 3 aromatic rings. The van der Waals surface area contributed by atoms with E-state index in [0.717, 1.165) is 15.7 Å². The number of rotatable bonds is 1. The first kappa shape index (κ1) is 10.2. The summed E-state index contributed by atoms with van der Waals surface area (Å²) in [6.07, 6.45) is 1.54. The number of nitrogens with two attached hydrogens (primary N) is 1. The lowest BCUT2D eigenvalue weighted by atomic mass is 10.1. The summed E-state index contributed by atoms with van der Waals surface area (Å²) in [7, 11) is 0. The minimum atomic E-state index is 0.368. The van der Waals surface area contributed by atoms with Gasteiger partial charge in [-0.2, -0.15) is 0 Å². The van der Waals surface area contributed by atoms with Crippen LogP contribution in [0.4, 0.5) is 5.95 Å². The lowest BCUT2D eigenvalue weighted by Crippen LogP contribution is -2.02. The summed E-state index contributed by atoms with van der Waals surface area (Å²) in [5.41, 5.74) is 8.27. The highest BCUT2D eigenvalue weighted by molar-refractivity contribution is 9.10. The summed E-state index contributed by atoms with van der Waals surface area (Å²) < 4.78 is 2.42. The number of nitrogens with zero attached hydrogens (tertiary/aromatic N) is 4. The zero-order chi connectivity index (χ0) is 11.8. The maximum atomic E-state index is 5.86. The van der Waals surface area contributed by atoms with E-state index in [1.54, 1.807) is 4.40 Å². The van der Waals surface area contributed by atoms with Crippen molar-refractivity contribution in [3.63, 3.8) is 0 Å². The SMILES string of the molecule is Nc1nc(-c2ccccc2)c(Br)c2nncn12. The van der Waals surface area contributed by atoms with E-state index in [-0.39, 0.29) is 0 Å². The molecule has 0 atom stereocenters. The molecule has 0 radical (unpaired) electrons. The maximum Gasteiger partial charge on any atom is 0.207 e. The van der Waals surface area contributed by atoms with E-state index in [2.05, 4.69) is 31.1 Å². The van der Waals surface area contributed by atoms with Crippen molar-refractivity contribution in [1.29, 1.82) is 0 Å². The van der Waals surface area contributed by atoms with Gasteiger partial charge in [0.1, 0.15) is 6.33 Å². The Balaban J connectivity index is 2.34. The van der Waals surface area contributed by atoms with E-state index >= 15 is 0 Å². The number of nitrogen functional groups attached to an aromatic ring is 1. The summed E-state index contributed by atoms with van der Waals surface area (Å²) in [6, 6.07) is 9.80. The van der Waals surface area contributed by atoms with E-state index in [4.69, 9.17) is 5.73 Å². The minimum Gasteiger partial charge on any atom is -0.369 e. The Morgan fingerprint density at radius 2 is 1.94 bits per heavy atom. The number of aromatic nitrogens is 4. The molecule has 0 aliphatic rings. The van der Waals surface area contributed by atoms with Gasteiger partial charge in [0.25, 0.3) is 0 Å². The van der Waals surface area contributed by atoms with Crippen LogP contribution in [0.3, 0.4) is 0 Å². The predicted octanol–water partition coefficient (Wildman–Crippen LogP) is 2.14. The molecule has 2 N–H and O–H groups in total. The van der Waals surface area contributed by atoms with Crippen LogP contribution in [0, 0.1) is 0 Å². The van der Waals surface area contributed by atoms with Gasteiger partial charge in [0.15, 0.2) is 5.65 Å². The average Bonchev–Trinajstić information content (AvgIpc) is 2.85. The molecule has 6 heteroatoms. The number of halogens is 1. The van der Waals surface area contributed by atoms with Gasteiger partial charge in [0.2, 0.25) is 5.95 Å². The lowest BCUT2D eigenvalue weighted by Gasteiger charge is -2.06. The van der Waals surface area contributed by atoms with Gasteiger partial charge in [-0.1, -0.05) is 30.3 Å². The third-order valence-electron chi connectivity index (χ3n) is 2.47. The monoisotopic (exact) mass is 289 g/mol. The van der Waals surface area contributed by atoms with E-state index in [9.17, 15) is 0 Å². The standard InChI is InChI=1S/C11H8BrN5/c12-8-9(7-4-2-1-3-5-7)15-11(13)17-6-14-16-10(8)17/h1-6H,(H2,13,15). The Kier molecular flexibility index (Phi) is 2.29. The molecular weight excluding hydrogens is 282 g/mol. The van der Waals surface area contributed by atoms with Gasteiger partial charge in [-0.3, -0.25) is 4.40 Å². The highest BCUT2D eigenvalue weighted by Crippen LogP contribution is 2.29. The van der Waals surface area contributed by atoms with Crippen molar-refractivity contribution in [3.8, 4) is 11.3 Å². The van der Waals surface area contributed by atoms with Crippen molar-refractivity contribution in [2.45, 2.75) is 0 Å². The topological polar surface area (TPSA) is 69.1 Å². The van der Waals surface area contributed by atoms with E-state index in [0.29, 0.717) is 11.6 Å². The molecule has 0 spiro atoms. The first-order valence-corrected chi connectivity index (χ1v) is 5.77. The van der Waals surface area contributed by atoms with Crippen molar-refractivity contribution >= 4 is 27.5 Å². The van der Waals surface area contributed by atoms with Crippen LogP contribution >= 0.6 is 15.9 Å². The molecule has 2 heterocycles. The molecule has 0 saturated carbocycles. The number of anilines is 1. The van der Waals surface area contributed by atoms with Gasteiger partial charge in [0.05, 0.1) is 10.2 Å². The molecule has 17 heavy (non-hydrogen) atoms. The van der Waals surface area contributed by atoms with Crippen LogP contribution in [0.25, 0.3) is 16.9 Å². The minimum absolute atomic E-state index is 0.368. The second-order valence-electron chi connectivity index (χ2n) is 3.52. The van der Waals surface area contributed by atoms with Crippen molar-refractivity contribution in [1.82, 2.24) is 19.6 Å². The van der Waals surface area contributed by atoms with Crippen LogP contribution in [0.15, 0.2) is 41.1 Å². The molecule has 0 fully saturated rings. The van der Waals surface area contributed by atoms with E-state index in [1.807, 2.05) is 30.3 Å². The number of hydrogen-bond donors (Lipinski definition) is 1. The summed E-state index contributed by atoms with van der Waals surface area (Å²) in [6.45, 7) is 0. The maximum absolute atomic E-state index is 5.86. The zero-order valence-corrected chi connectivity index (χ0v) is 10.3. The van der Waals surface area contributed by atoms with Gasteiger partial charge in [0, 0.05) is 5.56 Å². The Morgan fingerprint density at radius 3 is 2.71 bits per heavy atom. The fourth-order valence-electron chi connectivity index (χ4n) is 1.66. The largest absolute Gasteiger partial charge is 0.369 e. The zero-order valence-electron chi connectivity index (χ0n) is 8.71. The smallest absolute Gasteiger partial charge is 0.207 e. The van der Waals surface area contributed by atoms with Gasteiger partial charge >= 0.3 is 0 Å². The molecule has 0 aliphatic carbocycles. The molecular formula is C11H8BrN5. The molecule has 84 valence electrons. The van der Waals surface area contributed by atoms with Crippen molar-refractivity contribution in [2.75, 3.05) is 5.73 Å². The molecule has 0 amide bonds. The molecule has 2 aromatic heterocycles. The molecule has 0 bridgehead atoms. The van der Waals surface area contributed by atoms with Crippen molar-refractivity contribution in [3.05, 3.63) is 41.1 Å². The van der Waals surface area contributed by atoms with Crippen LogP contribution in [0.1, 0.15) is 0 Å². The third kappa shape index (κ3) is 1.57. The van der Waals surface area contributed by atoms with Crippen LogP contribution in [-0.2, 0) is 0 Å². The van der Waals surface area contributed by atoms with E-state index < -0.39 is 0 Å². The van der Waals surface area contributed by atoms with Crippen LogP contribution in [-0.4, -0.2) is 19.6 Å². The third-order valence-corrected chi connectivity index (χ3v) is 3.20. The van der Waals surface area contributed by atoms with Crippen LogP contribution < -0.4 is 5.73 Å². The van der Waals surface area contributed by atoms with Gasteiger partial charge in [-0.25, -0.2) is 4.98 Å². The Hall–Kier alpha value is -1.95. The Morgan fingerprint density at radius 1 is 1.18 bits per heavy atom. The highest BCUT2D eigenvalue weighted by Gasteiger charge is 2.13. The molecule has 1 aromatic carbocycles. The van der Waals surface area contributed by atoms with Gasteiger partial charge < -0.3 is 5.73 Å². The quantitative estimate of drug-likeness (QED) is 0.745. The van der Waals surface area contributed by atoms with Gasteiger partial charge in [-0.05, 0) is 15.9 Å². The van der Waals surface area contributed by atoms with Crippen LogP contribution in [0.5, 0.6) is 0 Å². The number of benzene rings is 1. The summed E-state index contributed by atoms with van der Waals surface area (Å²) in [5.74, 6) is 0.368. The molecule has 0 aliphatic heterocycles. The summed E-state index contributed by atoms with van der Waals surface area (Å²) >= 11 is 3.49. The summed E-state index contributed by atoms with van der Waals surface area (Å²) in [4.78, 5) is 4.36. The molecule has 0 unspecified atom stereocenters. The van der Waals surface area contributed by atoms with Crippen LogP contribution in [0.2, 0.25) is 0 Å². The second kappa shape index (κ2) is 3.81. The molecule has 0 saturated heterocycles. The Bertz CT molecular complexity index is 677. The first-order chi connectivity index (χ1) is 8.27. The second-order valence-corrected chi connectivity index (χ2v) is 4.32. The predicted molar refractivity (Wildman–Crippen MR) is 68.3 cm³/mol. The highest BCUT2D eigenvalue weighted by atomic mass is 79.9. The number of hydrogen-bond acceptors (Lipinski definition) is 4. The average molecular weight is 290 g/mol. The molecule has 5 nitrogen and oxygen atoms in total. The normalized spacial score (nSPS) is 10.9. The van der Waals surface area contributed by atoms with Gasteiger partial charge in [-0.15, -0.1) is 10.2 Å². The Labute approximate surface area is 105 Å². The number of fused-ring (bicyclic) bond motifs is 1.